The van der Waals surface area contributed by atoms with Crippen molar-refractivity contribution in [3.05, 3.63) is 35.9 Å². The SMILES string of the molecule is CN(C)C1CCN(C(CNC(C)(C)C)c2ccccc2)C1. The molecule has 1 aliphatic heterocycles. The lowest BCUT2D eigenvalue weighted by Crippen LogP contribution is -2.43. The van der Waals surface area contributed by atoms with E-state index >= 15 is 0 Å². The largest absolute Gasteiger partial charge is 0.310 e. The molecule has 21 heavy (non-hydrogen) atoms. The van der Waals surface area contributed by atoms with Crippen LogP contribution >= 0.6 is 0 Å². The smallest absolute Gasteiger partial charge is 0.0473 e. The van der Waals surface area contributed by atoms with Crippen molar-refractivity contribution < 1.29 is 0 Å². The summed E-state index contributed by atoms with van der Waals surface area (Å²) in [6.45, 7) is 10.1. The van der Waals surface area contributed by atoms with Crippen LogP contribution in [0.1, 0.15) is 38.8 Å². The van der Waals surface area contributed by atoms with Gasteiger partial charge in [0.1, 0.15) is 0 Å². The summed E-state index contributed by atoms with van der Waals surface area (Å²) >= 11 is 0. The Bertz CT molecular complexity index is 422. The molecular formula is C18H31N3. The van der Waals surface area contributed by atoms with Gasteiger partial charge in [-0.3, -0.25) is 4.90 Å². The van der Waals surface area contributed by atoms with Gasteiger partial charge < -0.3 is 10.2 Å². The Morgan fingerprint density at radius 3 is 2.43 bits per heavy atom. The molecule has 3 heteroatoms. The molecule has 118 valence electrons. The fraction of sp³-hybridized carbons (Fsp3) is 0.667. The third kappa shape index (κ3) is 4.80. The molecule has 1 aromatic carbocycles. The maximum absolute atomic E-state index is 3.69. The Labute approximate surface area is 130 Å². The van der Waals surface area contributed by atoms with Crippen molar-refractivity contribution in [3.8, 4) is 0 Å². The van der Waals surface area contributed by atoms with Gasteiger partial charge in [0.25, 0.3) is 0 Å². The van der Waals surface area contributed by atoms with Crippen LogP contribution in [-0.4, -0.2) is 55.1 Å². The van der Waals surface area contributed by atoms with Crippen LogP contribution in [0.15, 0.2) is 30.3 Å². The summed E-state index contributed by atoms with van der Waals surface area (Å²) in [6.07, 6.45) is 1.27. The quantitative estimate of drug-likeness (QED) is 0.899. The van der Waals surface area contributed by atoms with E-state index in [0.29, 0.717) is 12.1 Å². The Hall–Kier alpha value is -0.900. The van der Waals surface area contributed by atoms with Crippen molar-refractivity contribution >= 4 is 0 Å². The third-order valence-electron chi connectivity index (χ3n) is 4.38. The zero-order chi connectivity index (χ0) is 15.5. The molecule has 2 unspecified atom stereocenters. The van der Waals surface area contributed by atoms with E-state index in [1.165, 1.54) is 25.1 Å². The Morgan fingerprint density at radius 1 is 1.24 bits per heavy atom. The van der Waals surface area contributed by atoms with Gasteiger partial charge in [0.15, 0.2) is 0 Å². The molecule has 1 N–H and O–H groups in total. The molecule has 0 spiro atoms. The molecule has 0 saturated carbocycles. The molecule has 1 heterocycles. The van der Waals surface area contributed by atoms with E-state index in [-0.39, 0.29) is 5.54 Å². The first-order chi connectivity index (χ1) is 9.87. The van der Waals surface area contributed by atoms with Crippen LogP contribution in [0.3, 0.4) is 0 Å². The van der Waals surface area contributed by atoms with Crippen molar-refractivity contribution in [2.75, 3.05) is 33.7 Å². The van der Waals surface area contributed by atoms with Gasteiger partial charge in [-0.15, -0.1) is 0 Å². The fourth-order valence-corrected chi connectivity index (χ4v) is 3.01. The minimum atomic E-state index is 0.160. The first kappa shape index (κ1) is 16.5. The number of rotatable bonds is 5. The second-order valence-corrected chi connectivity index (χ2v) is 7.46. The van der Waals surface area contributed by atoms with Crippen molar-refractivity contribution in [1.82, 2.24) is 15.1 Å². The van der Waals surface area contributed by atoms with Gasteiger partial charge in [-0.25, -0.2) is 0 Å². The second-order valence-electron chi connectivity index (χ2n) is 7.46. The summed E-state index contributed by atoms with van der Waals surface area (Å²) in [5.41, 5.74) is 1.59. The average molecular weight is 289 g/mol. The minimum Gasteiger partial charge on any atom is -0.310 e. The number of benzene rings is 1. The summed E-state index contributed by atoms with van der Waals surface area (Å²) in [5, 5.41) is 3.69. The van der Waals surface area contributed by atoms with Crippen molar-refractivity contribution in [2.45, 2.75) is 44.8 Å². The predicted octanol–water partition coefficient (Wildman–Crippen LogP) is 2.75. The summed E-state index contributed by atoms with van der Waals surface area (Å²) < 4.78 is 0. The molecule has 1 aromatic rings. The van der Waals surface area contributed by atoms with Gasteiger partial charge >= 0.3 is 0 Å². The number of nitrogens with one attached hydrogen (secondary N) is 1. The first-order valence-electron chi connectivity index (χ1n) is 8.07. The van der Waals surface area contributed by atoms with Crippen LogP contribution < -0.4 is 5.32 Å². The van der Waals surface area contributed by atoms with Crippen LogP contribution in [0, 0.1) is 0 Å². The van der Waals surface area contributed by atoms with Gasteiger partial charge in [0.2, 0.25) is 0 Å². The lowest BCUT2D eigenvalue weighted by atomic mass is 10.0. The summed E-state index contributed by atoms with van der Waals surface area (Å²) in [4.78, 5) is 5.00. The van der Waals surface area contributed by atoms with Crippen LogP contribution in [0.5, 0.6) is 0 Å². The van der Waals surface area contributed by atoms with E-state index in [1.807, 2.05) is 0 Å². The highest BCUT2D eigenvalue weighted by Gasteiger charge is 2.30. The summed E-state index contributed by atoms with van der Waals surface area (Å²) in [7, 11) is 4.39. The van der Waals surface area contributed by atoms with E-state index in [0.717, 1.165) is 6.54 Å². The zero-order valence-corrected chi connectivity index (χ0v) is 14.3. The Balaban J connectivity index is 2.09. The number of nitrogens with zero attached hydrogens (tertiary/aromatic N) is 2. The van der Waals surface area contributed by atoms with Crippen molar-refractivity contribution in [2.24, 2.45) is 0 Å². The highest BCUT2D eigenvalue weighted by molar-refractivity contribution is 5.20. The fourth-order valence-electron chi connectivity index (χ4n) is 3.01. The average Bonchev–Trinajstić information content (AvgIpc) is 2.89. The number of hydrogen-bond donors (Lipinski definition) is 1. The Kier molecular flexibility index (Phi) is 5.42. The lowest BCUT2D eigenvalue weighted by molar-refractivity contribution is 0.202. The minimum absolute atomic E-state index is 0.160. The topological polar surface area (TPSA) is 18.5 Å². The number of hydrogen-bond acceptors (Lipinski definition) is 3. The molecule has 1 aliphatic rings. The molecule has 3 nitrogen and oxygen atoms in total. The van der Waals surface area contributed by atoms with Gasteiger partial charge in [0, 0.05) is 37.3 Å². The molecule has 0 amide bonds. The standard InChI is InChI=1S/C18H31N3/c1-18(2,3)19-13-17(15-9-7-6-8-10-15)21-12-11-16(14-21)20(4)5/h6-10,16-17,19H,11-14H2,1-5H3. The molecule has 0 aromatic heterocycles. The molecule has 2 rings (SSSR count). The van der Waals surface area contributed by atoms with Crippen molar-refractivity contribution in [1.29, 1.82) is 0 Å². The van der Waals surface area contributed by atoms with E-state index < -0.39 is 0 Å². The predicted molar refractivity (Wildman–Crippen MR) is 90.6 cm³/mol. The monoisotopic (exact) mass is 289 g/mol. The van der Waals surface area contributed by atoms with E-state index in [4.69, 9.17) is 0 Å². The van der Waals surface area contributed by atoms with Gasteiger partial charge in [-0.2, -0.15) is 0 Å². The van der Waals surface area contributed by atoms with Gasteiger partial charge in [0.05, 0.1) is 0 Å². The highest BCUT2D eigenvalue weighted by Crippen LogP contribution is 2.26. The number of likely N-dealkylation sites (N-methyl/N-ethyl adjacent to an activating group) is 1. The van der Waals surface area contributed by atoms with Crippen LogP contribution in [0.25, 0.3) is 0 Å². The maximum Gasteiger partial charge on any atom is 0.0473 e. The van der Waals surface area contributed by atoms with E-state index in [1.54, 1.807) is 0 Å². The molecule has 0 bridgehead atoms. The van der Waals surface area contributed by atoms with Crippen LogP contribution in [0.2, 0.25) is 0 Å². The molecule has 0 aliphatic carbocycles. The van der Waals surface area contributed by atoms with Crippen molar-refractivity contribution in [3.63, 3.8) is 0 Å². The highest BCUT2D eigenvalue weighted by atomic mass is 15.3. The lowest BCUT2D eigenvalue weighted by Gasteiger charge is -2.32. The molecular weight excluding hydrogens is 258 g/mol. The molecule has 0 radical (unpaired) electrons. The molecule has 1 saturated heterocycles. The zero-order valence-electron chi connectivity index (χ0n) is 14.3. The second kappa shape index (κ2) is 6.91. The normalized spacial score (nSPS) is 21.9. The molecule has 2 atom stereocenters. The maximum atomic E-state index is 3.69. The Morgan fingerprint density at radius 2 is 1.90 bits per heavy atom. The first-order valence-corrected chi connectivity index (χ1v) is 8.07. The van der Waals surface area contributed by atoms with E-state index in [2.05, 4.69) is 80.3 Å². The third-order valence-corrected chi connectivity index (χ3v) is 4.38. The van der Waals surface area contributed by atoms with Crippen LogP contribution in [0.4, 0.5) is 0 Å². The van der Waals surface area contributed by atoms with Gasteiger partial charge in [-0.05, 0) is 46.9 Å². The summed E-state index contributed by atoms with van der Waals surface area (Å²) in [5.74, 6) is 0. The van der Waals surface area contributed by atoms with Crippen LogP contribution in [-0.2, 0) is 0 Å². The van der Waals surface area contributed by atoms with E-state index in [9.17, 15) is 0 Å². The molecule has 1 fully saturated rings. The van der Waals surface area contributed by atoms with Gasteiger partial charge in [-0.1, -0.05) is 30.3 Å². The number of likely N-dealkylation sites (tertiary alicyclic amines) is 1. The summed E-state index contributed by atoms with van der Waals surface area (Å²) in [6, 6.07) is 12.1.